The van der Waals surface area contributed by atoms with Crippen molar-refractivity contribution < 1.29 is 82.7 Å². The van der Waals surface area contributed by atoms with Crippen molar-refractivity contribution in [2.45, 2.75) is 110 Å². The summed E-state index contributed by atoms with van der Waals surface area (Å²) in [4.78, 5) is 0. The van der Waals surface area contributed by atoms with Crippen LogP contribution in [0, 0.1) is 0 Å². The van der Waals surface area contributed by atoms with Crippen LogP contribution in [-0.4, -0.2) is 59.2 Å². The molecule has 0 aliphatic carbocycles. The van der Waals surface area contributed by atoms with E-state index in [1.54, 1.807) is 0 Å². The minimum Gasteiger partial charge on any atom is -0.726 e. The van der Waals surface area contributed by atoms with Gasteiger partial charge in [0.05, 0.1) is 39.6 Å². The molecule has 0 aromatic rings. The van der Waals surface area contributed by atoms with Crippen molar-refractivity contribution in [3.8, 4) is 0 Å². The Morgan fingerprint density at radius 2 is 0.788 bits per heavy atom. The summed E-state index contributed by atoms with van der Waals surface area (Å²) >= 11 is 0. The summed E-state index contributed by atoms with van der Waals surface area (Å²) in [6.45, 7) is 4.61. The minimum absolute atomic E-state index is 0. The van der Waals surface area contributed by atoms with Gasteiger partial charge in [-0.1, -0.05) is 103 Å². The molecule has 0 heterocycles. The van der Waals surface area contributed by atoms with Gasteiger partial charge in [0.25, 0.3) is 0 Å². The van der Waals surface area contributed by atoms with Crippen molar-refractivity contribution >= 4 is 10.4 Å². The van der Waals surface area contributed by atoms with E-state index in [9.17, 15) is 13.0 Å². The van der Waals surface area contributed by atoms with Gasteiger partial charge in [0.15, 0.2) is 0 Å². The molecule has 0 saturated carbocycles. The van der Waals surface area contributed by atoms with Gasteiger partial charge in [-0.05, 0) is 6.42 Å². The Bertz CT molecular complexity index is 464. The second-order valence-corrected chi connectivity index (χ2v) is 9.42. The van der Waals surface area contributed by atoms with Gasteiger partial charge in [-0.2, -0.15) is 0 Å². The molecule has 0 spiro atoms. The molecule has 0 saturated heterocycles. The van der Waals surface area contributed by atoms with Crippen molar-refractivity contribution in [1.29, 1.82) is 0 Å². The van der Waals surface area contributed by atoms with Gasteiger partial charge in [0, 0.05) is 6.61 Å². The summed E-state index contributed by atoms with van der Waals surface area (Å²) in [6.07, 6.45) is 21.9. The molecule has 0 N–H and O–H groups in total. The predicted octanol–water partition coefficient (Wildman–Crippen LogP) is 2.78. The summed E-state index contributed by atoms with van der Waals surface area (Å²) in [5.41, 5.74) is 0. The van der Waals surface area contributed by atoms with Gasteiger partial charge >= 0.3 is 51.4 Å². The molecule has 9 heteroatoms. The Morgan fingerprint density at radius 1 is 0.485 bits per heavy atom. The average Bonchev–Trinajstić information content (AvgIpc) is 2.75. The van der Waals surface area contributed by atoms with Gasteiger partial charge in [-0.15, -0.1) is 0 Å². The van der Waals surface area contributed by atoms with E-state index < -0.39 is 10.4 Å². The number of rotatable bonds is 27. The van der Waals surface area contributed by atoms with Gasteiger partial charge in [0.1, 0.15) is 0 Å². The molecule has 0 fully saturated rings. The van der Waals surface area contributed by atoms with E-state index in [1.807, 2.05) is 0 Å². The van der Waals surface area contributed by atoms with Crippen LogP contribution in [0.1, 0.15) is 110 Å². The monoisotopic (exact) mass is 520 g/mol. The SMILES string of the molecule is CCCCCCCCCCCCCCCCCCOCCOCCOCCOS(=O)(=O)[O-].[K+]. The standard InChI is InChI=1S/C24H50O7S.K/c1-2-3-4-5-6-7-8-9-10-11-12-13-14-15-16-17-18-28-19-20-29-21-22-30-23-24-31-32(25,26)27;/h2-24H2,1H3,(H,25,26,27);/q;+1/p-1. The summed E-state index contributed by atoms with van der Waals surface area (Å²) in [5.74, 6) is 0. The van der Waals surface area contributed by atoms with Crippen LogP contribution in [0.3, 0.4) is 0 Å². The van der Waals surface area contributed by atoms with Crippen molar-refractivity contribution in [1.82, 2.24) is 0 Å². The summed E-state index contributed by atoms with van der Waals surface area (Å²) in [7, 11) is -4.63. The van der Waals surface area contributed by atoms with Crippen LogP contribution in [0.5, 0.6) is 0 Å². The second kappa shape index (κ2) is 29.6. The average molecular weight is 521 g/mol. The molecule has 194 valence electrons. The summed E-state index contributed by atoms with van der Waals surface area (Å²) in [5, 5.41) is 0. The van der Waals surface area contributed by atoms with Crippen LogP contribution >= 0.6 is 0 Å². The first-order valence-corrected chi connectivity index (χ1v) is 14.2. The maximum atomic E-state index is 10.2. The Morgan fingerprint density at radius 3 is 1.15 bits per heavy atom. The summed E-state index contributed by atoms with van der Waals surface area (Å²) < 4.78 is 50.6. The third kappa shape index (κ3) is 35.6. The number of hydrogen-bond donors (Lipinski definition) is 0. The van der Waals surface area contributed by atoms with Gasteiger partial charge in [-0.3, -0.25) is 4.18 Å². The Hall–Kier alpha value is 1.39. The first-order chi connectivity index (χ1) is 15.6. The van der Waals surface area contributed by atoms with Crippen molar-refractivity contribution in [3.05, 3.63) is 0 Å². The van der Waals surface area contributed by atoms with Gasteiger partial charge in [0.2, 0.25) is 10.4 Å². The topological polar surface area (TPSA) is 94.1 Å². The molecule has 0 amide bonds. The Kier molecular flexibility index (Phi) is 32.8. The molecular weight excluding hydrogens is 471 g/mol. The minimum atomic E-state index is -4.63. The molecule has 0 aliphatic heterocycles. The van der Waals surface area contributed by atoms with E-state index >= 15 is 0 Å². The van der Waals surface area contributed by atoms with Gasteiger partial charge < -0.3 is 18.8 Å². The fourth-order valence-electron chi connectivity index (χ4n) is 3.49. The van der Waals surface area contributed by atoms with E-state index in [0.717, 1.165) is 13.0 Å². The van der Waals surface area contributed by atoms with Crippen molar-refractivity contribution in [2.24, 2.45) is 0 Å². The molecule has 0 bridgehead atoms. The third-order valence-corrected chi connectivity index (χ3v) is 5.80. The maximum absolute atomic E-state index is 10.2. The fourth-order valence-corrected chi connectivity index (χ4v) is 3.76. The molecular formula is C24H49KO7S. The van der Waals surface area contributed by atoms with E-state index in [1.165, 1.54) is 96.3 Å². The second-order valence-electron chi connectivity index (χ2n) is 8.37. The first-order valence-electron chi connectivity index (χ1n) is 12.9. The fraction of sp³-hybridized carbons (Fsp3) is 1.00. The van der Waals surface area contributed by atoms with Crippen LogP contribution < -0.4 is 51.4 Å². The van der Waals surface area contributed by atoms with Crippen LogP contribution in [0.15, 0.2) is 0 Å². The number of ether oxygens (including phenoxy) is 3. The zero-order valence-corrected chi connectivity index (χ0v) is 25.5. The molecule has 0 aromatic heterocycles. The van der Waals surface area contributed by atoms with E-state index in [2.05, 4.69) is 11.1 Å². The number of unbranched alkanes of at least 4 members (excludes halogenated alkanes) is 15. The van der Waals surface area contributed by atoms with E-state index in [4.69, 9.17) is 14.2 Å². The van der Waals surface area contributed by atoms with Gasteiger partial charge in [-0.25, -0.2) is 8.42 Å². The zero-order valence-electron chi connectivity index (χ0n) is 21.5. The molecule has 0 aromatic carbocycles. The van der Waals surface area contributed by atoms with Crippen LogP contribution in [-0.2, 0) is 28.8 Å². The van der Waals surface area contributed by atoms with Crippen LogP contribution in [0.4, 0.5) is 0 Å². The number of hydrogen-bond acceptors (Lipinski definition) is 7. The summed E-state index contributed by atoms with van der Waals surface area (Å²) in [6, 6.07) is 0. The van der Waals surface area contributed by atoms with Crippen molar-refractivity contribution in [3.63, 3.8) is 0 Å². The molecule has 0 rings (SSSR count). The zero-order chi connectivity index (χ0) is 23.6. The molecule has 0 unspecified atom stereocenters. The van der Waals surface area contributed by atoms with Crippen molar-refractivity contribution in [2.75, 3.05) is 46.2 Å². The van der Waals surface area contributed by atoms with E-state index in [-0.39, 0.29) is 64.6 Å². The molecule has 33 heavy (non-hydrogen) atoms. The quantitative estimate of drug-likeness (QED) is 0.0711. The smallest absolute Gasteiger partial charge is 0.726 e. The molecule has 0 radical (unpaired) electrons. The first kappa shape index (κ1) is 36.5. The van der Waals surface area contributed by atoms with Crippen LogP contribution in [0.2, 0.25) is 0 Å². The largest absolute Gasteiger partial charge is 1.00 e. The maximum Gasteiger partial charge on any atom is 1.00 e. The predicted molar refractivity (Wildman–Crippen MR) is 128 cm³/mol. The third-order valence-electron chi connectivity index (χ3n) is 5.34. The molecule has 7 nitrogen and oxygen atoms in total. The molecule has 0 atom stereocenters. The van der Waals surface area contributed by atoms with Crippen LogP contribution in [0.25, 0.3) is 0 Å². The Labute approximate surface area is 246 Å². The Balaban J connectivity index is 0. The normalized spacial score (nSPS) is 11.6. The molecule has 0 aliphatic rings. The van der Waals surface area contributed by atoms with E-state index in [0.29, 0.717) is 26.4 Å².